The quantitative estimate of drug-likeness (QED) is 0.373. The van der Waals surface area contributed by atoms with Crippen molar-refractivity contribution in [3.05, 3.63) is 33.3 Å². The lowest BCUT2D eigenvalue weighted by molar-refractivity contribution is -0.124. The number of aromatic carboxylic acids is 1. The van der Waals surface area contributed by atoms with E-state index >= 15 is 0 Å². The third-order valence-corrected chi connectivity index (χ3v) is 10.6. The van der Waals surface area contributed by atoms with Gasteiger partial charge in [-0.25, -0.2) is 4.79 Å². The van der Waals surface area contributed by atoms with Crippen molar-refractivity contribution >= 4 is 52.0 Å². The first-order chi connectivity index (χ1) is 17.1. The highest BCUT2D eigenvalue weighted by Gasteiger charge is 2.37. The van der Waals surface area contributed by atoms with Crippen LogP contribution in [-0.2, 0) is 4.79 Å². The molecule has 2 aliphatic rings. The van der Waals surface area contributed by atoms with E-state index in [2.05, 4.69) is 36.3 Å². The van der Waals surface area contributed by atoms with Crippen LogP contribution < -0.4 is 4.90 Å². The molecule has 4 rings (SSSR count). The number of hydrogen-bond donors (Lipinski definition) is 1. The van der Waals surface area contributed by atoms with Crippen LogP contribution in [0.15, 0.2) is 27.8 Å². The molecule has 0 radical (unpaired) electrons. The van der Waals surface area contributed by atoms with Crippen molar-refractivity contribution in [1.82, 2.24) is 0 Å². The van der Waals surface area contributed by atoms with Gasteiger partial charge in [0.25, 0.3) is 0 Å². The summed E-state index contributed by atoms with van der Waals surface area (Å²) in [7, 11) is 0. The number of thiophene rings is 2. The third kappa shape index (κ3) is 6.96. The molecule has 36 heavy (non-hydrogen) atoms. The van der Waals surface area contributed by atoms with E-state index in [1.807, 2.05) is 43.5 Å². The maximum Gasteiger partial charge on any atom is 0.348 e. The largest absolute Gasteiger partial charge is 0.477 e. The molecule has 0 atom stereocenters. The minimum Gasteiger partial charge on any atom is -0.477 e. The predicted molar refractivity (Wildman–Crippen MR) is 152 cm³/mol. The molecule has 4 nitrogen and oxygen atoms in total. The second kappa shape index (κ2) is 11.8. The first kappa shape index (κ1) is 27.3. The molecule has 2 aromatic heterocycles. The van der Waals surface area contributed by atoms with Gasteiger partial charge in [0, 0.05) is 22.6 Å². The number of carboxylic acid groups (broad SMARTS) is 1. The average molecular weight is 544 g/mol. The SMILES string of the molecule is CC1CCC(C(=O)N(c2cc(C#CC(C)(C)C)sc2C(=O)O)C2CCC(Sc3cccs3)CC2)CC1. The summed E-state index contributed by atoms with van der Waals surface area (Å²) >= 11 is 4.92. The lowest BCUT2D eigenvalue weighted by Crippen LogP contribution is -2.46. The van der Waals surface area contributed by atoms with Crippen molar-refractivity contribution in [2.24, 2.45) is 17.3 Å². The van der Waals surface area contributed by atoms with Gasteiger partial charge in [0.1, 0.15) is 4.88 Å². The second-order valence-corrected chi connectivity index (χ2v) is 14.9. The highest BCUT2D eigenvalue weighted by Crippen LogP contribution is 2.41. The first-order valence-corrected chi connectivity index (χ1v) is 15.6. The Bertz CT molecular complexity index is 1100. The highest BCUT2D eigenvalue weighted by molar-refractivity contribution is 8.01. The summed E-state index contributed by atoms with van der Waals surface area (Å²) in [6, 6.07) is 6.16. The van der Waals surface area contributed by atoms with Gasteiger partial charge in [-0.05, 0) is 95.6 Å². The summed E-state index contributed by atoms with van der Waals surface area (Å²) in [5, 5.41) is 12.7. The molecule has 0 saturated heterocycles. The fourth-order valence-electron chi connectivity index (χ4n) is 5.14. The summed E-state index contributed by atoms with van der Waals surface area (Å²) < 4.78 is 1.34. The Balaban J connectivity index is 1.62. The lowest BCUT2D eigenvalue weighted by atomic mass is 9.81. The minimum atomic E-state index is -0.976. The molecule has 0 aliphatic heterocycles. The molecule has 0 spiro atoms. The first-order valence-electron chi connectivity index (χ1n) is 13.0. The van der Waals surface area contributed by atoms with Crippen LogP contribution in [0.1, 0.15) is 93.6 Å². The van der Waals surface area contributed by atoms with E-state index in [1.165, 1.54) is 15.5 Å². The Labute approximate surface area is 227 Å². The molecule has 7 heteroatoms. The monoisotopic (exact) mass is 543 g/mol. The molecule has 2 aromatic rings. The van der Waals surface area contributed by atoms with Gasteiger partial charge in [-0.2, -0.15) is 0 Å². The van der Waals surface area contributed by atoms with E-state index in [1.54, 1.807) is 11.3 Å². The molecule has 1 amide bonds. The standard InChI is InChI=1S/C29H37NO3S3/c1-19-7-9-20(10-8-19)27(31)30(21-11-13-22(14-12-21)35-25-6-5-17-34-25)24-18-23(15-16-29(2,3)4)36-26(24)28(32)33/h5-6,17-22H,7-14H2,1-4H3,(H,32,33). The number of amides is 1. The van der Waals surface area contributed by atoms with Crippen LogP contribution in [-0.4, -0.2) is 28.3 Å². The molecule has 0 aromatic carbocycles. The zero-order valence-electron chi connectivity index (χ0n) is 21.7. The molecular weight excluding hydrogens is 507 g/mol. The second-order valence-electron chi connectivity index (χ2n) is 11.3. The van der Waals surface area contributed by atoms with Crippen LogP contribution >= 0.6 is 34.4 Å². The summed E-state index contributed by atoms with van der Waals surface area (Å²) in [4.78, 5) is 29.2. The van der Waals surface area contributed by atoms with Gasteiger partial charge >= 0.3 is 5.97 Å². The molecule has 194 valence electrons. The van der Waals surface area contributed by atoms with Crippen molar-refractivity contribution in [3.8, 4) is 11.8 Å². The van der Waals surface area contributed by atoms with Crippen molar-refractivity contribution < 1.29 is 14.7 Å². The van der Waals surface area contributed by atoms with Crippen molar-refractivity contribution in [3.63, 3.8) is 0 Å². The number of rotatable bonds is 6. The number of hydrogen-bond acceptors (Lipinski definition) is 5. The van der Waals surface area contributed by atoms with Crippen LogP contribution in [0.2, 0.25) is 0 Å². The van der Waals surface area contributed by atoms with Gasteiger partial charge in [-0.1, -0.05) is 24.8 Å². The van der Waals surface area contributed by atoms with Gasteiger partial charge in [0.05, 0.1) is 14.8 Å². The number of thioether (sulfide) groups is 1. The zero-order valence-corrected chi connectivity index (χ0v) is 24.2. The third-order valence-electron chi connectivity index (χ3n) is 7.12. The maximum atomic E-state index is 14.0. The van der Waals surface area contributed by atoms with Crippen molar-refractivity contribution in [2.75, 3.05) is 4.90 Å². The smallest absolute Gasteiger partial charge is 0.348 e. The molecule has 2 saturated carbocycles. The molecule has 2 fully saturated rings. The fourth-order valence-corrected chi connectivity index (χ4v) is 8.22. The van der Waals surface area contributed by atoms with Crippen LogP contribution in [0.25, 0.3) is 0 Å². The maximum absolute atomic E-state index is 14.0. The summed E-state index contributed by atoms with van der Waals surface area (Å²) in [5.74, 6) is 6.17. The number of carboxylic acids is 1. The number of carbonyl (C=O) groups excluding carboxylic acids is 1. The van der Waals surface area contributed by atoms with Crippen LogP contribution in [0.3, 0.4) is 0 Å². The van der Waals surface area contributed by atoms with Gasteiger partial charge in [-0.3, -0.25) is 4.79 Å². The molecule has 1 N–H and O–H groups in total. The van der Waals surface area contributed by atoms with Gasteiger partial charge in [0.15, 0.2) is 0 Å². The predicted octanol–water partition coefficient (Wildman–Crippen LogP) is 8.17. The van der Waals surface area contributed by atoms with E-state index in [4.69, 9.17) is 0 Å². The Morgan fingerprint density at radius 2 is 1.78 bits per heavy atom. The van der Waals surface area contributed by atoms with Crippen molar-refractivity contribution in [1.29, 1.82) is 0 Å². The van der Waals surface area contributed by atoms with E-state index in [9.17, 15) is 14.7 Å². The van der Waals surface area contributed by atoms with Gasteiger partial charge in [-0.15, -0.1) is 34.4 Å². The Kier molecular flexibility index (Phi) is 8.91. The van der Waals surface area contributed by atoms with E-state index in [0.717, 1.165) is 51.4 Å². The zero-order chi connectivity index (χ0) is 25.9. The minimum absolute atomic E-state index is 0.0231. The molecule has 0 bridgehead atoms. The van der Waals surface area contributed by atoms with Crippen LogP contribution in [0.4, 0.5) is 5.69 Å². The summed E-state index contributed by atoms with van der Waals surface area (Å²) in [6.07, 6.45) is 7.76. The van der Waals surface area contributed by atoms with Gasteiger partial charge in [0.2, 0.25) is 5.91 Å². The van der Waals surface area contributed by atoms with Crippen LogP contribution in [0.5, 0.6) is 0 Å². The molecular formula is C29H37NO3S3. The molecule has 0 unspecified atom stereocenters. The Morgan fingerprint density at radius 1 is 1.08 bits per heavy atom. The normalized spacial score (nSPS) is 24.6. The van der Waals surface area contributed by atoms with Crippen LogP contribution in [0, 0.1) is 29.1 Å². The Morgan fingerprint density at radius 3 is 2.36 bits per heavy atom. The summed E-state index contributed by atoms with van der Waals surface area (Å²) in [5.41, 5.74) is 0.379. The average Bonchev–Trinajstić information content (AvgIpc) is 3.49. The van der Waals surface area contributed by atoms with E-state index in [-0.39, 0.29) is 28.2 Å². The number of nitrogens with zero attached hydrogens (tertiary/aromatic N) is 1. The lowest BCUT2D eigenvalue weighted by Gasteiger charge is -2.39. The van der Waals surface area contributed by atoms with Gasteiger partial charge < -0.3 is 10.0 Å². The van der Waals surface area contributed by atoms with E-state index in [0.29, 0.717) is 21.7 Å². The highest BCUT2D eigenvalue weighted by atomic mass is 32.2. The molecule has 2 aliphatic carbocycles. The topological polar surface area (TPSA) is 57.6 Å². The fraction of sp³-hybridized carbons (Fsp3) is 0.586. The van der Waals surface area contributed by atoms with E-state index < -0.39 is 5.97 Å². The van der Waals surface area contributed by atoms with Crippen molar-refractivity contribution in [2.45, 2.75) is 94.6 Å². The molecule has 2 heterocycles. The number of anilines is 1. The summed E-state index contributed by atoms with van der Waals surface area (Å²) in [6.45, 7) is 8.38. The number of carbonyl (C=O) groups is 2. The Hall–Kier alpha value is -1.75.